The molecule has 1 N–H and O–H groups in total. The summed E-state index contributed by atoms with van der Waals surface area (Å²) in [5.41, 5.74) is 9.77. The van der Waals surface area contributed by atoms with Gasteiger partial charge in [-0.1, -0.05) is 82.3 Å². The van der Waals surface area contributed by atoms with Crippen molar-refractivity contribution in [3.05, 3.63) is 108 Å². The third kappa shape index (κ3) is 3.70. The summed E-state index contributed by atoms with van der Waals surface area (Å²) in [6.45, 7) is 9.57. The summed E-state index contributed by atoms with van der Waals surface area (Å²) >= 11 is 0. The molecule has 0 saturated carbocycles. The Kier molecular flexibility index (Phi) is 5.00. The molecule has 1 aromatic heterocycles. The van der Waals surface area contributed by atoms with Crippen LogP contribution in [0.3, 0.4) is 0 Å². The maximum atomic E-state index is 6.26. The molecule has 0 radical (unpaired) electrons. The van der Waals surface area contributed by atoms with Crippen LogP contribution in [0.2, 0.25) is 0 Å². The summed E-state index contributed by atoms with van der Waals surface area (Å²) in [6.07, 6.45) is 2.39. The van der Waals surface area contributed by atoms with Crippen molar-refractivity contribution < 1.29 is 4.42 Å². The Morgan fingerprint density at radius 3 is 1.97 bits per heavy atom. The Bertz CT molecular complexity index is 1840. The second kappa shape index (κ2) is 8.23. The van der Waals surface area contributed by atoms with E-state index in [9.17, 15) is 0 Å². The van der Waals surface area contributed by atoms with Gasteiger partial charge >= 0.3 is 0 Å². The molecule has 7 rings (SSSR count). The van der Waals surface area contributed by atoms with E-state index < -0.39 is 0 Å². The number of hydrogen-bond acceptors (Lipinski definition) is 2. The lowest BCUT2D eigenvalue weighted by Crippen LogP contribution is -2.34. The number of furan rings is 1. The van der Waals surface area contributed by atoms with E-state index in [1.165, 1.54) is 45.9 Å². The van der Waals surface area contributed by atoms with Crippen LogP contribution in [-0.4, -0.2) is 0 Å². The quantitative estimate of drug-likeness (QED) is 0.264. The first kappa shape index (κ1) is 23.1. The highest BCUT2D eigenvalue weighted by Crippen LogP contribution is 2.49. The van der Waals surface area contributed by atoms with Crippen molar-refractivity contribution in [3.8, 4) is 11.1 Å². The average molecular weight is 496 g/mol. The Morgan fingerprint density at radius 1 is 0.605 bits per heavy atom. The SMILES string of the molecule is CC1(C)CCC(C)(C)c2cc(-c3ccccc3)c(Nc3ccc4oc5cc6ccccc6cc5c4c3)cc21. The van der Waals surface area contributed by atoms with E-state index in [-0.39, 0.29) is 10.8 Å². The van der Waals surface area contributed by atoms with Gasteiger partial charge in [0.25, 0.3) is 0 Å². The van der Waals surface area contributed by atoms with Crippen molar-refractivity contribution in [2.45, 2.75) is 51.4 Å². The molecule has 2 nitrogen and oxygen atoms in total. The molecule has 0 aliphatic heterocycles. The number of nitrogens with one attached hydrogen (secondary N) is 1. The first-order valence-electron chi connectivity index (χ1n) is 13.7. The summed E-state index contributed by atoms with van der Waals surface area (Å²) < 4.78 is 6.26. The molecular weight excluding hydrogens is 462 g/mol. The van der Waals surface area contributed by atoms with Crippen LogP contribution in [-0.2, 0) is 10.8 Å². The third-order valence-electron chi connectivity index (χ3n) is 8.69. The second-order valence-corrected chi connectivity index (χ2v) is 12.2. The number of hydrogen-bond donors (Lipinski definition) is 1. The zero-order chi connectivity index (χ0) is 26.1. The molecule has 188 valence electrons. The molecule has 2 heteroatoms. The largest absolute Gasteiger partial charge is 0.456 e. The van der Waals surface area contributed by atoms with Gasteiger partial charge in [0.1, 0.15) is 11.2 Å². The van der Waals surface area contributed by atoms with Gasteiger partial charge in [0.15, 0.2) is 0 Å². The van der Waals surface area contributed by atoms with Gasteiger partial charge in [-0.3, -0.25) is 0 Å². The number of fused-ring (bicyclic) bond motifs is 5. The Labute approximate surface area is 224 Å². The van der Waals surface area contributed by atoms with Crippen LogP contribution >= 0.6 is 0 Å². The van der Waals surface area contributed by atoms with Gasteiger partial charge in [-0.05, 0) is 93.6 Å². The minimum atomic E-state index is 0.141. The topological polar surface area (TPSA) is 25.2 Å². The molecule has 6 aromatic rings. The average Bonchev–Trinajstić information content (AvgIpc) is 3.27. The lowest BCUT2D eigenvalue weighted by atomic mass is 9.62. The molecule has 0 spiro atoms. The fourth-order valence-electron chi connectivity index (χ4n) is 6.27. The molecule has 38 heavy (non-hydrogen) atoms. The summed E-state index contributed by atoms with van der Waals surface area (Å²) in [5, 5.41) is 8.54. The van der Waals surface area contributed by atoms with Crippen LogP contribution in [0.5, 0.6) is 0 Å². The highest BCUT2D eigenvalue weighted by molar-refractivity contribution is 6.11. The van der Waals surface area contributed by atoms with Crippen LogP contribution in [0.25, 0.3) is 43.8 Å². The zero-order valence-electron chi connectivity index (χ0n) is 22.6. The van der Waals surface area contributed by atoms with Gasteiger partial charge in [-0.25, -0.2) is 0 Å². The van der Waals surface area contributed by atoms with E-state index in [1.54, 1.807) is 0 Å². The van der Waals surface area contributed by atoms with Crippen LogP contribution < -0.4 is 5.32 Å². The molecule has 0 unspecified atom stereocenters. The van der Waals surface area contributed by atoms with Crippen LogP contribution in [0.1, 0.15) is 51.7 Å². The van der Waals surface area contributed by atoms with Gasteiger partial charge in [0, 0.05) is 27.7 Å². The van der Waals surface area contributed by atoms with E-state index >= 15 is 0 Å². The Hall–Kier alpha value is -4.04. The highest BCUT2D eigenvalue weighted by atomic mass is 16.3. The van der Waals surface area contributed by atoms with E-state index in [0.29, 0.717) is 0 Å². The molecule has 1 heterocycles. The summed E-state index contributed by atoms with van der Waals surface area (Å²) in [6, 6.07) is 35.0. The highest BCUT2D eigenvalue weighted by Gasteiger charge is 2.37. The Balaban J connectivity index is 1.40. The first-order chi connectivity index (χ1) is 18.3. The minimum absolute atomic E-state index is 0.141. The normalized spacial score (nSPS) is 16.1. The molecule has 1 aliphatic rings. The van der Waals surface area contributed by atoms with Crippen molar-refractivity contribution in [1.82, 2.24) is 0 Å². The predicted molar refractivity (Wildman–Crippen MR) is 162 cm³/mol. The molecular formula is C36H33NO. The maximum absolute atomic E-state index is 6.26. The lowest BCUT2D eigenvalue weighted by Gasteiger charge is -2.42. The zero-order valence-corrected chi connectivity index (χ0v) is 22.6. The molecule has 0 atom stereocenters. The van der Waals surface area contributed by atoms with Crippen LogP contribution in [0.4, 0.5) is 11.4 Å². The minimum Gasteiger partial charge on any atom is -0.456 e. The molecule has 5 aromatic carbocycles. The van der Waals surface area contributed by atoms with E-state index in [0.717, 1.165) is 33.3 Å². The van der Waals surface area contributed by atoms with Crippen molar-refractivity contribution in [3.63, 3.8) is 0 Å². The fraction of sp³-hybridized carbons (Fsp3) is 0.222. The van der Waals surface area contributed by atoms with Crippen LogP contribution in [0, 0.1) is 0 Å². The molecule has 1 aliphatic carbocycles. The standard InChI is InChI=1S/C36H33NO/c1-35(2)16-17-36(3,4)31-22-32(27(21-30(31)35)23-10-6-5-7-11-23)37-26-14-15-33-29(20-26)28-18-24-12-8-9-13-25(24)19-34(28)38-33/h5-15,18-22,37H,16-17H2,1-4H3. The molecule has 0 amide bonds. The van der Waals surface area contributed by atoms with Crippen molar-refractivity contribution in [1.29, 1.82) is 0 Å². The van der Waals surface area contributed by atoms with Gasteiger partial charge < -0.3 is 9.73 Å². The fourth-order valence-corrected chi connectivity index (χ4v) is 6.27. The third-order valence-corrected chi connectivity index (χ3v) is 8.69. The van der Waals surface area contributed by atoms with E-state index in [4.69, 9.17) is 4.42 Å². The molecule has 0 saturated heterocycles. The van der Waals surface area contributed by atoms with Crippen molar-refractivity contribution in [2.24, 2.45) is 0 Å². The molecule has 0 bridgehead atoms. The van der Waals surface area contributed by atoms with Crippen LogP contribution in [0.15, 0.2) is 101 Å². The smallest absolute Gasteiger partial charge is 0.136 e. The van der Waals surface area contributed by atoms with Gasteiger partial charge in [0.2, 0.25) is 0 Å². The monoisotopic (exact) mass is 495 g/mol. The van der Waals surface area contributed by atoms with E-state index in [1.807, 2.05) is 0 Å². The number of rotatable bonds is 3. The second-order valence-electron chi connectivity index (χ2n) is 12.2. The number of anilines is 2. The van der Waals surface area contributed by atoms with Crippen molar-refractivity contribution in [2.75, 3.05) is 5.32 Å². The Morgan fingerprint density at radius 2 is 1.24 bits per heavy atom. The van der Waals surface area contributed by atoms with Crippen molar-refractivity contribution >= 4 is 44.1 Å². The van der Waals surface area contributed by atoms with Gasteiger partial charge in [-0.2, -0.15) is 0 Å². The maximum Gasteiger partial charge on any atom is 0.136 e. The first-order valence-corrected chi connectivity index (χ1v) is 13.7. The predicted octanol–water partition coefficient (Wildman–Crippen LogP) is 10.5. The summed E-state index contributed by atoms with van der Waals surface area (Å²) in [5.74, 6) is 0. The lowest BCUT2D eigenvalue weighted by molar-refractivity contribution is 0.332. The van der Waals surface area contributed by atoms with Gasteiger partial charge in [0.05, 0.1) is 0 Å². The van der Waals surface area contributed by atoms with Gasteiger partial charge in [-0.15, -0.1) is 0 Å². The summed E-state index contributed by atoms with van der Waals surface area (Å²) in [7, 11) is 0. The molecule has 0 fully saturated rings. The van der Waals surface area contributed by atoms with E-state index in [2.05, 4.69) is 130 Å². The number of benzene rings is 5. The summed E-state index contributed by atoms with van der Waals surface area (Å²) in [4.78, 5) is 0.